The van der Waals surface area contributed by atoms with Crippen molar-refractivity contribution in [3.05, 3.63) is 69.1 Å². The van der Waals surface area contributed by atoms with Crippen molar-refractivity contribution in [3.8, 4) is 5.75 Å². The molecule has 3 aromatic rings. The van der Waals surface area contributed by atoms with E-state index in [-0.39, 0.29) is 26.8 Å². The van der Waals surface area contributed by atoms with Crippen molar-refractivity contribution in [2.24, 2.45) is 0 Å². The second-order valence-electron chi connectivity index (χ2n) is 5.65. The van der Waals surface area contributed by atoms with E-state index in [4.69, 9.17) is 32.4 Å². The summed E-state index contributed by atoms with van der Waals surface area (Å²) in [6.45, 7) is 1.22. The Hall–Kier alpha value is -2.55. The van der Waals surface area contributed by atoms with Crippen LogP contribution in [0, 0.1) is 10.1 Å². The van der Waals surface area contributed by atoms with Gasteiger partial charge in [0.25, 0.3) is 5.69 Å². The molecular formula is C18H11Cl2NO6S. The highest BCUT2D eigenvalue weighted by Gasteiger charge is 2.32. The summed E-state index contributed by atoms with van der Waals surface area (Å²) >= 11 is 12.3. The standard InChI is InChI=1S/C18H11Cl2NO6S/c1-18(19,20)17(23)27-14-10-6-2-4-8-12(10)26-16(22)15(14)28-13-9-5-3-7-11(13)21(24)25/h2-9H,1H3. The Morgan fingerprint density at radius 2 is 1.82 bits per heavy atom. The molecule has 0 N–H and O–H groups in total. The monoisotopic (exact) mass is 439 g/mol. The number of nitro benzene ring substituents is 1. The van der Waals surface area contributed by atoms with Crippen molar-refractivity contribution in [1.29, 1.82) is 0 Å². The number of carbonyl (C=O) groups is 1. The fourth-order valence-electron chi connectivity index (χ4n) is 2.28. The maximum Gasteiger partial charge on any atom is 0.354 e. The summed E-state index contributed by atoms with van der Waals surface area (Å²) in [5, 5.41) is 11.6. The van der Waals surface area contributed by atoms with E-state index in [2.05, 4.69) is 0 Å². The lowest BCUT2D eigenvalue weighted by molar-refractivity contribution is -0.387. The summed E-state index contributed by atoms with van der Waals surface area (Å²) in [5.74, 6) is -1.14. The number of hydrogen-bond acceptors (Lipinski definition) is 7. The number of nitrogens with zero attached hydrogens (tertiary/aromatic N) is 1. The molecule has 0 spiro atoms. The molecule has 144 valence electrons. The van der Waals surface area contributed by atoms with Crippen LogP contribution < -0.4 is 10.4 Å². The van der Waals surface area contributed by atoms with E-state index < -0.39 is 20.9 Å². The molecule has 0 aliphatic rings. The molecule has 10 heteroatoms. The molecule has 3 rings (SSSR count). The van der Waals surface area contributed by atoms with Crippen LogP contribution in [0.5, 0.6) is 5.75 Å². The van der Waals surface area contributed by atoms with Gasteiger partial charge in [0.2, 0.25) is 4.33 Å². The van der Waals surface area contributed by atoms with Crippen LogP contribution in [0.4, 0.5) is 5.69 Å². The number of benzene rings is 2. The highest BCUT2D eigenvalue weighted by Crippen LogP contribution is 2.41. The summed E-state index contributed by atoms with van der Waals surface area (Å²) < 4.78 is 8.73. The van der Waals surface area contributed by atoms with Gasteiger partial charge in [-0.2, -0.15) is 0 Å². The Balaban J connectivity index is 2.21. The van der Waals surface area contributed by atoms with Crippen LogP contribution in [-0.2, 0) is 4.79 Å². The predicted molar refractivity (Wildman–Crippen MR) is 105 cm³/mol. The summed E-state index contributed by atoms with van der Waals surface area (Å²) in [6, 6.07) is 12.2. The number of carbonyl (C=O) groups excluding carboxylic acids is 1. The SMILES string of the molecule is CC(Cl)(Cl)C(=O)Oc1c(Sc2ccccc2[N+](=O)[O-])c(=O)oc2ccccc12. The minimum atomic E-state index is -1.86. The first-order valence-electron chi connectivity index (χ1n) is 7.75. The molecule has 1 heterocycles. The average molecular weight is 440 g/mol. The van der Waals surface area contributed by atoms with Gasteiger partial charge in [0.05, 0.1) is 15.2 Å². The van der Waals surface area contributed by atoms with Gasteiger partial charge >= 0.3 is 11.6 Å². The number of nitro groups is 1. The van der Waals surface area contributed by atoms with Crippen molar-refractivity contribution in [2.75, 3.05) is 0 Å². The van der Waals surface area contributed by atoms with E-state index in [0.717, 1.165) is 11.8 Å². The first-order valence-corrected chi connectivity index (χ1v) is 9.33. The minimum Gasteiger partial charge on any atom is -0.422 e. The maximum absolute atomic E-state index is 12.6. The Bertz CT molecular complexity index is 1140. The smallest absolute Gasteiger partial charge is 0.354 e. The topological polar surface area (TPSA) is 99.6 Å². The number of alkyl halides is 2. The van der Waals surface area contributed by atoms with Gasteiger partial charge in [-0.05, 0) is 25.1 Å². The van der Waals surface area contributed by atoms with Crippen LogP contribution in [-0.4, -0.2) is 15.2 Å². The third-order valence-corrected chi connectivity index (χ3v) is 4.98. The molecule has 0 amide bonds. The fraction of sp³-hybridized carbons (Fsp3) is 0.111. The molecule has 0 atom stereocenters. The normalized spacial score (nSPS) is 11.4. The van der Waals surface area contributed by atoms with E-state index in [0.29, 0.717) is 5.39 Å². The zero-order valence-corrected chi connectivity index (χ0v) is 16.5. The van der Waals surface area contributed by atoms with Gasteiger partial charge in [-0.25, -0.2) is 9.59 Å². The van der Waals surface area contributed by atoms with E-state index in [1.165, 1.54) is 31.2 Å². The summed E-state index contributed by atoms with van der Waals surface area (Å²) in [4.78, 5) is 35.5. The van der Waals surface area contributed by atoms with Crippen molar-refractivity contribution in [1.82, 2.24) is 0 Å². The van der Waals surface area contributed by atoms with E-state index >= 15 is 0 Å². The van der Waals surface area contributed by atoms with Crippen LogP contribution in [0.2, 0.25) is 0 Å². The predicted octanol–water partition coefficient (Wildman–Crippen LogP) is 4.95. The summed E-state index contributed by atoms with van der Waals surface area (Å²) in [7, 11) is 0. The molecule has 0 aliphatic carbocycles. The van der Waals surface area contributed by atoms with E-state index in [1.54, 1.807) is 24.3 Å². The molecule has 0 bridgehead atoms. The molecule has 7 nitrogen and oxygen atoms in total. The molecule has 0 fully saturated rings. The highest BCUT2D eigenvalue weighted by atomic mass is 35.5. The van der Waals surface area contributed by atoms with E-state index in [9.17, 15) is 19.7 Å². The maximum atomic E-state index is 12.6. The quantitative estimate of drug-likeness (QED) is 0.182. The molecule has 0 unspecified atom stereocenters. The number of ether oxygens (including phenoxy) is 1. The minimum absolute atomic E-state index is 0.132. The second kappa shape index (κ2) is 7.83. The third-order valence-electron chi connectivity index (χ3n) is 3.55. The summed E-state index contributed by atoms with van der Waals surface area (Å²) in [6.07, 6.45) is 0. The number of halogens is 2. The van der Waals surface area contributed by atoms with Gasteiger partial charge in [-0.15, -0.1) is 0 Å². The molecule has 2 aromatic carbocycles. The first-order chi connectivity index (χ1) is 13.2. The van der Waals surface area contributed by atoms with Crippen LogP contribution in [0.3, 0.4) is 0 Å². The number of para-hydroxylation sites is 2. The fourth-order valence-corrected chi connectivity index (χ4v) is 3.34. The van der Waals surface area contributed by atoms with Crippen molar-refractivity contribution < 1.29 is 18.9 Å². The van der Waals surface area contributed by atoms with Gasteiger partial charge in [-0.1, -0.05) is 59.2 Å². The van der Waals surface area contributed by atoms with Gasteiger partial charge in [-0.3, -0.25) is 10.1 Å². The van der Waals surface area contributed by atoms with Crippen LogP contribution >= 0.6 is 35.0 Å². The zero-order valence-electron chi connectivity index (χ0n) is 14.2. The van der Waals surface area contributed by atoms with Crippen molar-refractivity contribution >= 4 is 57.6 Å². The van der Waals surface area contributed by atoms with E-state index in [1.807, 2.05) is 0 Å². The number of hydrogen-bond donors (Lipinski definition) is 0. The molecule has 1 aromatic heterocycles. The zero-order chi connectivity index (χ0) is 20.5. The lowest BCUT2D eigenvalue weighted by atomic mass is 10.2. The second-order valence-corrected chi connectivity index (χ2v) is 8.41. The number of esters is 1. The largest absolute Gasteiger partial charge is 0.422 e. The Morgan fingerprint density at radius 1 is 1.18 bits per heavy atom. The summed E-state index contributed by atoms with van der Waals surface area (Å²) in [5.41, 5.74) is -0.861. The van der Waals surface area contributed by atoms with Crippen molar-refractivity contribution in [3.63, 3.8) is 0 Å². The molecule has 0 saturated carbocycles. The Kier molecular flexibility index (Phi) is 5.64. The lowest BCUT2D eigenvalue weighted by Gasteiger charge is -2.15. The van der Waals surface area contributed by atoms with Crippen molar-refractivity contribution in [2.45, 2.75) is 21.0 Å². The van der Waals surface area contributed by atoms with Crippen LogP contribution in [0.25, 0.3) is 11.0 Å². The lowest BCUT2D eigenvalue weighted by Crippen LogP contribution is -2.28. The van der Waals surface area contributed by atoms with Crippen LogP contribution in [0.1, 0.15) is 6.92 Å². The Morgan fingerprint density at radius 3 is 2.50 bits per heavy atom. The first kappa shape index (κ1) is 20.2. The van der Waals surface area contributed by atoms with Gasteiger partial charge in [0.1, 0.15) is 10.5 Å². The van der Waals surface area contributed by atoms with Crippen LogP contribution in [0.15, 0.2) is 67.5 Å². The van der Waals surface area contributed by atoms with Gasteiger partial charge in [0.15, 0.2) is 5.75 Å². The highest BCUT2D eigenvalue weighted by molar-refractivity contribution is 7.99. The Labute approximate surface area is 172 Å². The third kappa shape index (κ3) is 4.14. The van der Waals surface area contributed by atoms with Gasteiger partial charge in [0, 0.05) is 6.07 Å². The molecule has 0 saturated heterocycles. The van der Waals surface area contributed by atoms with Gasteiger partial charge < -0.3 is 9.15 Å². The average Bonchev–Trinajstić information content (AvgIpc) is 2.63. The number of rotatable bonds is 5. The molecule has 28 heavy (non-hydrogen) atoms. The number of fused-ring (bicyclic) bond motifs is 1. The molecule has 0 radical (unpaired) electrons. The molecular weight excluding hydrogens is 429 g/mol. The molecule has 0 aliphatic heterocycles.